The Morgan fingerprint density at radius 3 is 2.21 bits per heavy atom. The molecule has 1 aromatic rings. The minimum absolute atomic E-state index is 0.162. The number of carbonyl (C=O) groups is 1. The van der Waals surface area contributed by atoms with Gasteiger partial charge in [0.25, 0.3) is 5.95 Å². The van der Waals surface area contributed by atoms with Crippen LogP contribution in [-0.4, -0.2) is 21.2 Å². The number of anilines is 3. The Kier molecular flexibility index (Phi) is 2.42. The van der Waals surface area contributed by atoms with Gasteiger partial charge in [-0.15, -0.1) is 4.91 Å². The summed E-state index contributed by atoms with van der Waals surface area (Å²) in [7, 11) is 0. The maximum atomic E-state index is 10.3. The van der Waals surface area contributed by atoms with Crippen molar-refractivity contribution < 1.29 is 9.90 Å². The molecule has 0 saturated carbocycles. The van der Waals surface area contributed by atoms with E-state index in [4.69, 9.17) is 16.6 Å². The van der Waals surface area contributed by atoms with Crippen LogP contribution in [0.5, 0.6) is 0 Å². The van der Waals surface area contributed by atoms with Gasteiger partial charge >= 0.3 is 6.09 Å². The molecule has 0 saturated heterocycles. The Morgan fingerprint density at radius 2 is 1.86 bits per heavy atom. The summed E-state index contributed by atoms with van der Waals surface area (Å²) >= 11 is 0. The number of rotatable bonds is 2. The standard InChI is InChI=1S/C5H6N6O3/c6-2-1(8-5(12)13)3(7)10-4(9-2)11-14/h8H,(H,12,13)(H4,6,7,9,10). The monoisotopic (exact) mass is 198 g/mol. The largest absolute Gasteiger partial charge is 0.465 e. The van der Waals surface area contributed by atoms with Gasteiger partial charge in [0.2, 0.25) is 0 Å². The van der Waals surface area contributed by atoms with Crippen LogP contribution in [0.15, 0.2) is 5.18 Å². The van der Waals surface area contributed by atoms with E-state index in [1.807, 2.05) is 5.32 Å². The van der Waals surface area contributed by atoms with Crippen molar-refractivity contribution in [1.29, 1.82) is 0 Å². The van der Waals surface area contributed by atoms with Gasteiger partial charge in [0.15, 0.2) is 11.6 Å². The molecular weight excluding hydrogens is 192 g/mol. The summed E-state index contributed by atoms with van der Waals surface area (Å²) in [5.41, 5.74) is 10.4. The van der Waals surface area contributed by atoms with Crippen LogP contribution in [-0.2, 0) is 0 Å². The van der Waals surface area contributed by atoms with Crippen molar-refractivity contribution in [2.24, 2.45) is 5.18 Å². The molecule has 0 aliphatic carbocycles. The lowest BCUT2D eigenvalue weighted by atomic mass is 10.4. The third-order valence-electron chi connectivity index (χ3n) is 1.27. The summed E-state index contributed by atoms with van der Waals surface area (Å²) in [6.45, 7) is 0. The van der Waals surface area contributed by atoms with E-state index >= 15 is 0 Å². The molecule has 9 nitrogen and oxygen atoms in total. The summed E-state index contributed by atoms with van der Waals surface area (Å²) in [4.78, 5) is 27.1. The molecule has 0 bridgehead atoms. The first kappa shape index (κ1) is 9.64. The van der Waals surface area contributed by atoms with E-state index in [1.165, 1.54) is 0 Å². The normalized spacial score (nSPS) is 9.43. The summed E-state index contributed by atoms with van der Waals surface area (Å²) in [6, 6.07) is 0. The molecule has 1 aromatic heterocycles. The zero-order chi connectivity index (χ0) is 10.7. The molecule has 0 unspecified atom stereocenters. The quantitative estimate of drug-likeness (QED) is 0.491. The van der Waals surface area contributed by atoms with Crippen molar-refractivity contribution in [1.82, 2.24) is 9.97 Å². The first-order valence-electron chi connectivity index (χ1n) is 3.31. The lowest BCUT2D eigenvalue weighted by Gasteiger charge is -2.06. The highest BCUT2D eigenvalue weighted by Crippen LogP contribution is 2.24. The molecule has 1 heterocycles. The van der Waals surface area contributed by atoms with Gasteiger partial charge in [-0.25, -0.2) is 4.79 Å². The molecule has 0 spiro atoms. The fraction of sp³-hybridized carbons (Fsp3) is 0. The number of carboxylic acid groups (broad SMARTS) is 1. The van der Waals surface area contributed by atoms with Gasteiger partial charge in [-0.1, -0.05) is 0 Å². The first-order valence-corrected chi connectivity index (χ1v) is 3.31. The van der Waals surface area contributed by atoms with E-state index in [9.17, 15) is 9.70 Å². The topological polar surface area (TPSA) is 157 Å². The van der Waals surface area contributed by atoms with E-state index < -0.39 is 12.0 Å². The highest BCUT2D eigenvalue weighted by molar-refractivity contribution is 5.91. The predicted molar refractivity (Wildman–Crippen MR) is 48.0 cm³/mol. The molecule has 74 valence electrons. The molecule has 0 aliphatic rings. The van der Waals surface area contributed by atoms with Crippen LogP contribution in [0.3, 0.4) is 0 Å². The van der Waals surface area contributed by atoms with E-state index in [1.54, 1.807) is 0 Å². The van der Waals surface area contributed by atoms with Crippen molar-refractivity contribution in [3.63, 3.8) is 0 Å². The van der Waals surface area contributed by atoms with Crippen LogP contribution < -0.4 is 16.8 Å². The number of aromatic nitrogens is 2. The molecule has 0 atom stereocenters. The Labute approximate surface area is 77.1 Å². The maximum Gasteiger partial charge on any atom is 0.409 e. The zero-order valence-corrected chi connectivity index (χ0v) is 6.76. The molecule has 1 rings (SSSR count). The van der Waals surface area contributed by atoms with Gasteiger partial charge in [0.05, 0.1) is 0 Å². The second-order valence-corrected chi connectivity index (χ2v) is 2.19. The van der Waals surface area contributed by atoms with Crippen LogP contribution in [0.2, 0.25) is 0 Å². The van der Waals surface area contributed by atoms with Gasteiger partial charge in [-0.05, 0) is 0 Å². The molecule has 9 heteroatoms. The summed E-state index contributed by atoms with van der Waals surface area (Å²) < 4.78 is 0. The van der Waals surface area contributed by atoms with Crippen molar-refractivity contribution >= 4 is 29.4 Å². The second kappa shape index (κ2) is 3.51. The number of hydrogen-bond acceptors (Lipinski definition) is 7. The Balaban J connectivity index is 3.17. The molecule has 14 heavy (non-hydrogen) atoms. The van der Waals surface area contributed by atoms with Crippen LogP contribution in [0.4, 0.5) is 28.1 Å². The Bertz CT molecular complexity index is 368. The number of nitrogen functional groups attached to an aromatic ring is 2. The lowest BCUT2D eigenvalue weighted by Crippen LogP contribution is -2.13. The zero-order valence-electron chi connectivity index (χ0n) is 6.76. The Morgan fingerprint density at radius 1 is 1.36 bits per heavy atom. The van der Waals surface area contributed by atoms with Gasteiger partial charge in [0.1, 0.15) is 5.69 Å². The number of nitrogens with zero attached hydrogens (tertiary/aromatic N) is 3. The third kappa shape index (κ3) is 1.83. The molecule has 0 aromatic carbocycles. The van der Waals surface area contributed by atoms with Gasteiger partial charge in [0, 0.05) is 5.18 Å². The number of hydrogen-bond donors (Lipinski definition) is 4. The van der Waals surface area contributed by atoms with Crippen LogP contribution in [0, 0.1) is 4.91 Å². The van der Waals surface area contributed by atoms with Crippen molar-refractivity contribution in [2.75, 3.05) is 16.8 Å². The van der Waals surface area contributed by atoms with Gasteiger partial charge in [-0.2, -0.15) is 9.97 Å². The van der Waals surface area contributed by atoms with E-state index in [0.717, 1.165) is 0 Å². The summed E-state index contributed by atoms with van der Waals surface area (Å²) in [5.74, 6) is -0.958. The number of nitroso groups, excluding NO2 is 1. The molecule has 0 fully saturated rings. The lowest BCUT2D eigenvalue weighted by molar-refractivity contribution is 0.210. The van der Waals surface area contributed by atoms with E-state index in [2.05, 4.69) is 15.1 Å². The SMILES string of the molecule is Nc1nc(N=O)nc(N)c1NC(=O)O. The van der Waals surface area contributed by atoms with E-state index in [0.29, 0.717) is 0 Å². The average molecular weight is 198 g/mol. The van der Waals surface area contributed by atoms with Gasteiger partial charge < -0.3 is 16.6 Å². The fourth-order valence-corrected chi connectivity index (χ4v) is 0.759. The maximum absolute atomic E-state index is 10.3. The molecule has 0 radical (unpaired) electrons. The van der Waals surface area contributed by atoms with Crippen LogP contribution in [0.1, 0.15) is 0 Å². The average Bonchev–Trinajstić information content (AvgIpc) is 2.10. The van der Waals surface area contributed by atoms with Crippen molar-refractivity contribution in [3.8, 4) is 0 Å². The Hall–Kier alpha value is -2.45. The molecule has 6 N–H and O–H groups in total. The molecular formula is C5H6N6O3. The highest BCUT2D eigenvalue weighted by Gasteiger charge is 2.12. The van der Waals surface area contributed by atoms with Crippen molar-refractivity contribution in [2.45, 2.75) is 0 Å². The fourth-order valence-electron chi connectivity index (χ4n) is 0.759. The predicted octanol–water partition coefficient (Wildman–Crippen LogP) is 0.129. The molecule has 1 amide bonds. The highest BCUT2D eigenvalue weighted by atomic mass is 16.4. The van der Waals surface area contributed by atoms with Crippen LogP contribution >= 0.6 is 0 Å². The van der Waals surface area contributed by atoms with E-state index in [-0.39, 0.29) is 17.3 Å². The molecule has 0 aliphatic heterocycles. The third-order valence-corrected chi connectivity index (χ3v) is 1.27. The second-order valence-electron chi connectivity index (χ2n) is 2.19. The summed E-state index contributed by atoms with van der Waals surface area (Å²) in [5, 5.41) is 12.7. The minimum Gasteiger partial charge on any atom is -0.465 e. The number of amides is 1. The van der Waals surface area contributed by atoms with Gasteiger partial charge in [-0.3, -0.25) is 5.32 Å². The summed E-state index contributed by atoms with van der Waals surface area (Å²) in [6.07, 6.45) is -1.36. The first-order chi connectivity index (χ1) is 6.54. The smallest absolute Gasteiger partial charge is 0.409 e. The van der Waals surface area contributed by atoms with Crippen LogP contribution in [0.25, 0.3) is 0 Å². The van der Waals surface area contributed by atoms with Crippen molar-refractivity contribution in [3.05, 3.63) is 4.91 Å². The number of nitrogens with two attached hydrogens (primary N) is 2. The number of nitrogens with one attached hydrogen (secondary N) is 1. The minimum atomic E-state index is -1.36.